The van der Waals surface area contributed by atoms with E-state index in [0.29, 0.717) is 40.6 Å². The Hall–Kier alpha value is -4.28. The molecule has 1 aliphatic carbocycles. The van der Waals surface area contributed by atoms with Crippen LogP contribution in [0.15, 0.2) is 48.7 Å². The summed E-state index contributed by atoms with van der Waals surface area (Å²) >= 11 is 0. The van der Waals surface area contributed by atoms with E-state index < -0.39 is 12.6 Å². The number of amides is 1. The van der Waals surface area contributed by atoms with Crippen molar-refractivity contribution in [2.24, 2.45) is 0 Å². The van der Waals surface area contributed by atoms with E-state index in [1.165, 1.54) is 0 Å². The number of fused-ring (bicyclic) bond motifs is 2. The third-order valence-electron chi connectivity index (χ3n) is 7.38. The summed E-state index contributed by atoms with van der Waals surface area (Å²) in [6, 6.07) is 13.3. The van der Waals surface area contributed by atoms with Crippen molar-refractivity contribution in [1.82, 2.24) is 19.9 Å². The number of rotatable bonds is 7. The highest BCUT2D eigenvalue weighted by atomic mass is 19.4. The van der Waals surface area contributed by atoms with E-state index in [-0.39, 0.29) is 18.5 Å². The lowest BCUT2D eigenvalue weighted by atomic mass is 10.0. The van der Waals surface area contributed by atoms with E-state index in [1.807, 2.05) is 42.2 Å². The average Bonchev–Trinajstić information content (AvgIpc) is 3.62. The van der Waals surface area contributed by atoms with Crippen LogP contribution in [-0.4, -0.2) is 45.8 Å². The summed E-state index contributed by atoms with van der Waals surface area (Å²) < 4.78 is 40.5. The van der Waals surface area contributed by atoms with Crippen LogP contribution >= 0.6 is 0 Å². The lowest BCUT2D eigenvalue weighted by molar-refractivity contribution is -0.131. The smallest absolute Gasteiger partial charge is 0.390 e. The van der Waals surface area contributed by atoms with Crippen molar-refractivity contribution in [1.29, 1.82) is 0 Å². The van der Waals surface area contributed by atoms with Gasteiger partial charge in [0.05, 0.1) is 35.4 Å². The lowest BCUT2D eigenvalue weighted by Gasteiger charge is -2.31. The Kier molecular flexibility index (Phi) is 6.52. The Morgan fingerprint density at radius 2 is 2.00 bits per heavy atom. The van der Waals surface area contributed by atoms with Crippen molar-refractivity contribution in [2.75, 3.05) is 29.0 Å². The second kappa shape index (κ2) is 10.0. The molecule has 4 aromatic rings. The molecule has 8 nitrogen and oxygen atoms in total. The number of benzene rings is 2. The third kappa shape index (κ3) is 5.15. The summed E-state index contributed by atoms with van der Waals surface area (Å²) in [6.07, 6.45) is 0.159. The number of aryl methyl sites for hydroxylation is 2. The Balaban J connectivity index is 1.43. The number of alkyl halides is 3. The Morgan fingerprint density at radius 1 is 1.18 bits per heavy atom. The number of nitrogens with zero attached hydrogens (tertiary/aromatic N) is 4. The third-order valence-corrected chi connectivity index (χ3v) is 7.38. The predicted octanol–water partition coefficient (Wildman–Crippen LogP) is 5.63. The van der Waals surface area contributed by atoms with E-state index in [2.05, 4.69) is 15.6 Å². The Bertz CT molecular complexity index is 1590. The van der Waals surface area contributed by atoms with Gasteiger partial charge >= 0.3 is 6.18 Å². The molecule has 4 N–H and O–H groups in total. The van der Waals surface area contributed by atoms with Gasteiger partial charge in [-0.25, -0.2) is 9.50 Å². The zero-order chi connectivity index (χ0) is 28.0. The number of nitrogens with two attached hydrogens (primary N) is 1. The molecule has 1 amide bonds. The van der Waals surface area contributed by atoms with Gasteiger partial charge in [0.25, 0.3) is 5.91 Å². The number of carbonyl (C=O) groups excluding carboxylic acids is 1. The van der Waals surface area contributed by atoms with Crippen molar-refractivity contribution >= 4 is 34.4 Å². The number of nitrogens with one attached hydrogen (secondary N) is 2. The summed E-state index contributed by atoms with van der Waals surface area (Å²) in [5.74, 6) is 0.458. The fourth-order valence-electron chi connectivity index (χ4n) is 5.23. The van der Waals surface area contributed by atoms with Gasteiger partial charge in [0, 0.05) is 36.3 Å². The first kappa shape index (κ1) is 26.0. The Labute approximate surface area is 229 Å². The summed E-state index contributed by atoms with van der Waals surface area (Å²) in [5.41, 5.74) is 12.7. The molecule has 0 atom stereocenters. The van der Waals surface area contributed by atoms with Gasteiger partial charge in [0.1, 0.15) is 0 Å². The molecular weight excluding hydrogens is 519 g/mol. The molecule has 40 heavy (non-hydrogen) atoms. The molecule has 0 spiro atoms. The number of anilines is 4. The second-order valence-corrected chi connectivity index (χ2v) is 10.5. The molecule has 2 aromatic carbocycles. The minimum atomic E-state index is -4.29. The molecule has 2 aromatic heterocycles. The number of para-hydroxylation sites is 1. The number of hydrogen-bond acceptors (Lipinski definition) is 6. The van der Waals surface area contributed by atoms with Crippen LogP contribution < -0.4 is 21.3 Å². The van der Waals surface area contributed by atoms with Crippen LogP contribution in [0, 0.1) is 6.92 Å². The van der Waals surface area contributed by atoms with E-state index in [1.54, 1.807) is 22.8 Å². The number of halogens is 3. The second-order valence-electron chi connectivity index (χ2n) is 10.5. The van der Waals surface area contributed by atoms with Crippen molar-refractivity contribution in [3.8, 4) is 11.3 Å². The number of imidazole rings is 1. The maximum atomic E-state index is 13.0. The molecule has 208 valence electrons. The molecule has 1 fully saturated rings. The topological polar surface area (TPSA) is 101 Å². The monoisotopic (exact) mass is 549 g/mol. The van der Waals surface area contributed by atoms with Crippen LogP contribution in [0.5, 0.6) is 0 Å². The largest absolute Gasteiger partial charge is 0.397 e. The van der Waals surface area contributed by atoms with Gasteiger partial charge in [-0.15, -0.1) is 5.10 Å². The SMILES string of the molecule is Cc1cc(-c2cnc3c(NCCC(F)(F)F)cc(N4CCCc5cccc(N)c54)nn23)ccc1C(=O)NC1CC1. The fraction of sp³-hybridized carbons (Fsp3) is 0.345. The van der Waals surface area contributed by atoms with Crippen molar-refractivity contribution in [2.45, 2.75) is 51.2 Å². The zero-order valence-corrected chi connectivity index (χ0v) is 22.1. The molecule has 0 bridgehead atoms. The number of carbonyl (C=O) groups is 1. The van der Waals surface area contributed by atoms with Crippen LogP contribution in [0.4, 0.5) is 36.1 Å². The van der Waals surface area contributed by atoms with Gasteiger partial charge < -0.3 is 21.3 Å². The van der Waals surface area contributed by atoms with Gasteiger partial charge in [0.2, 0.25) is 0 Å². The maximum Gasteiger partial charge on any atom is 0.390 e. The molecule has 2 aliphatic rings. The van der Waals surface area contributed by atoms with Crippen LogP contribution in [0.2, 0.25) is 0 Å². The fourth-order valence-corrected chi connectivity index (χ4v) is 5.23. The van der Waals surface area contributed by atoms with Crippen LogP contribution in [0.25, 0.3) is 16.9 Å². The maximum absolute atomic E-state index is 13.0. The van der Waals surface area contributed by atoms with Gasteiger partial charge in [-0.3, -0.25) is 4.79 Å². The average molecular weight is 550 g/mol. The predicted molar refractivity (Wildman–Crippen MR) is 149 cm³/mol. The van der Waals surface area contributed by atoms with E-state index in [0.717, 1.165) is 48.1 Å². The van der Waals surface area contributed by atoms with Crippen LogP contribution in [0.1, 0.15) is 47.2 Å². The molecule has 6 rings (SSSR count). The molecule has 3 heterocycles. The van der Waals surface area contributed by atoms with Gasteiger partial charge in [-0.1, -0.05) is 18.2 Å². The standard InChI is InChI=1S/C29H30F3N7O/c1-17-14-19(7-10-21(17)28(40)36-20-8-9-20)24-16-35-27-23(34-12-11-29(30,31)32)15-25(37-39(24)27)38-13-3-5-18-4-2-6-22(33)26(18)38/h2,4,6-7,10,14-16,20,34H,3,5,8-9,11-13,33H2,1H3,(H,36,40). The van der Waals surface area contributed by atoms with Crippen LogP contribution in [-0.2, 0) is 6.42 Å². The quantitative estimate of drug-likeness (QED) is 0.259. The molecule has 0 unspecified atom stereocenters. The molecular formula is C29H30F3N7O. The van der Waals surface area contributed by atoms with Gasteiger partial charge in [0.15, 0.2) is 11.5 Å². The molecule has 0 saturated heterocycles. The Morgan fingerprint density at radius 3 is 2.75 bits per heavy atom. The molecule has 1 saturated carbocycles. The molecule has 1 aliphatic heterocycles. The van der Waals surface area contributed by atoms with Crippen molar-refractivity contribution < 1.29 is 18.0 Å². The summed E-state index contributed by atoms with van der Waals surface area (Å²) in [6.45, 7) is 2.24. The highest BCUT2D eigenvalue weighted by molar-refractivity contribution is 5.96. The summed E-state index contributed by atoms with van der Waals surface area (Å²) in [5, 5.41) is 10.9. The first-order chi connectivity index (χ1) is 19.2. The molecule has 0 radical (unpaired) electrons. The number of hydrogen-bond donors (Lipinski definition) is 3. The van der Waals surface area contributed by atoms with E-state index in [9.17, 15) is 18.0 Å². The normalized spacial score (nSPS) is 15.2. The van der Waals surface area contributed by atoms with Crippen molar-refractivity contribution in [3.63, 3.8) is 0 Å². The number of nitrogen functional groups attached to an aromatic ring is 1. The summed E-state index contributed by atoms with van der Waals surface area (Å²) in [4.78, 5) is 19.2. The first-order valence-electron chi connectivity index (χ1n) is 13.4. The van der Waals surface area contributed by atoms with E-state index >= 15 is 0 Å². The van der Waals surface area contributed by atoms with E-state index in [4.69, 9.17) is 10.8 Å². The van der Waals surface area contributed by atoms with Gasteiger partial charge in [-0.05, 0) is 61.9 Å². The molecule has 11 heteroatoms. The minimum absolute atomic E-state index is 0.0948. The van der Waals surface area contributed by atoms with Gasteiger partial charge in [-0.2, -0.15) is 13.2 Å². The first-order valence-corrected chi connectivity index (χ1v) is 13.4. The highest BCUT2D eigenvalue weighted by Gasteiger charge is 2.28. The minimum Gasteiger partial charge on any atom is -0.397 e. The number of aromatic nitrogens is 3. The lowest BCUT2D eigenvalue weighted by Crippen LogP contribution is -2.27. The van der Waals surface area contributed by atoms with Crippen molar-refractivity contribution in [3.05, 3.63) is 65.4 Å². The zero-order valence-electron chi connectivity index (χ0n) is 22.1. The summed E-state index contributed by atoms with van der Waals surface area (Å²) in [7, 11) is 0. The van der Waals surface area contributed by atoms with Crippen LogP contribution in [0.3, 0.4) is 0 Å². The highest BCUT2D eigenvalue weighted by Crippen LogP contribution is 2.39.